The number of hydrogen-bond donors (Lipinski definition) is 1. The van der Waals surface area contributed by atoms with Crippen LogP contribution in [0.3, 0.4) is 0 Å². The molecule has 0 bridgehead atoms. The molecule has 140 valence electrons. The van der Waals surface area contributed by atoms with Crippen LogP contribution in [0.2, 0.25) is 0 Å². The summed E-state index contributed by atoms with van der Waals surface area (Å²) < 4.78 is 14.6. The molecule has 1 amide bonds. The van der Waals surface area contributed by atoms with Crippen LogP contribution in [0.15, 0.2) is 30.3 Å². The van der Waals surface area contributed by atoms with E-state index >= 15 is 0 Å². The van der Waals surface area contributed by atoms with E-state index in [1.54, 1.807) is 16.6 Å². The number of aromatic nitrogens is 4. The van der Waals surface area contributed by atoms with Crippen LogP contribution in [0.25, 0.3) is 5.78 Å². The zero-order valence-electron chi connectivity index (χ0n) is 15.3. The lowest BCUT2D eigenvalue weighted by Gasteiger charge is -2.18. The number of rotatable bonds is 4. The van der Waals surface area contributed by atoms with Gasteiger partial charge < -0.3 is 10.2 Å². The quantitative estimate of drug-likeness (QED) is 0.764. The first-order valence-electron chi connectivity index (χ1n) is 8.99. The fourth-order valence-electron chi connectivity index (χ4n) is 3.46. The van der Waals surface area contributed by atoms with Crippen LogP contribution in [0.5, 0.6) is 0 Å². The number of halogens is 1. The zero-order chi connectivity index (χ0) is 19.0. The third-order valence-electron chi connectivity index (χ3n) is 4.85. The van der Waals surface area contributed by atoms with Gasteiger partial charge in [-0.3, -0.25) is 4.79 Å². The summed E-state index contributed by atoms with van der Waals surface area (Å²) >= 11 is 0. The number of amides is 1. The first-order valence-corrected chi connectivity index (χ1v) is 8.99. The second-order valence-corrected chi connectivity index (χ2v) is 6.97. The van der Waals surface area contributed by atoms with Crippen molar-refractivity contribution in [3.05, 3.63) is 53.4 Å². The molecule has 1 aliphatic rings. The minimum Gasteiger partial charge on any atom is -0.371 e. The topological polar surface area (TPSA) is 75.4 Å². The lowest BCUT2D eigenvalue weighted by atomic mass is 10.1. The highest BCUT2D eigenvalue weighted by molar-refractivity contribution is 5.90. The molecule has 1 fully saturated rings. The van der Waals surface area contributed by atoms with Gasteiger partial charge in [-0.2, -0.15) is 4.98 Å². The summed E-state index contributed by atoms with van der Waals surface area (Å²) in [5.74, 6) is 0.364. The number of anilines is 1. The zero-order valence-corrected chi connectivity index (χ0v) is 15.3. The van der Waals surface area contributed by atoms with E-state index in [2.05, 4.69) is 25.3 Å². The number of fused-ring (bicyclic) bond motifs is 1. The van der Waals surface area contributed by atoms with Crippen LogP contribution in [0.4, 0.5) is 10.1 Å². The predicted octanol–water partition coefficient (Wildman–Crippen LogP) is 2.14. The molecule has 3 aromatic rings. The smallest absolute Gasteiger partial charge is 0.291 e. The van der Waals surface area contributed by atoms with E-state index in [0.717, 1.165) is 36.6 Å². The molecule has 8 heteroatoms. The summed E-state index contributed by atoms with van der Waals surface area (Å²) in [5, 5.41) is 7.18. The van der Waals surface area contributed by atoms with Crippen molar-refractivity contribution in [1.29, 1.82) is 0 Å². The summed E-state index contributed by atoms with van der Waals surface area (Å²) in [6.07, 6.45) is 0.968. The van der Waals surface area contributed by atoms with Gasteiger partial charge in [-0.05, 0) is 56.5 Å². The highest BCUT2D eigenvalue weighted by Crippen LogP contribution is 2.23. The number of nitrogens with zero attached hydrogens (tertiary/aromatic N) is 5. The molecule has 3 heterocycles. The average Bonchev–Trinajstić information content (AvgIpc) is 3.27. The van der Waals surface area contributed by atoms with Gasteiger partial charge in [0.05, 0.1) is 0 Å². The molecule has 0 saturated carbocycles. The Morgan fingerprint density at radius 3 is 2.81 bits per heavy atom. The van der Waals surface area contributed by atoms with Gasteiger partial charge in [-0.25, -0.2) is 13.9 Å². The Morgan fingerprint density at radius 2 is 2.04 bits per heavy atom. The Bertz CT molecular complexity index is 984. The minimum atomic E-state index is -0.294. The van der Waals surface area contributed by atoms with E-state index in [1.807, 2.05) is 19.9 Å². The molecule has 27 heavy (non-hydrogen) atoms. The Morgan fingerprint density at radius 1 is 1.26 bits per heavy atom. The molecule has 0 radical (unpaired) electrons. The number of carbonyl (C=O) groups excluding carboxylic acids is 1. The lowest BCUT2D eigenvalue weighted by Crippen LogP contribution is -2.31. The Labute approximate surface area is 156 Å². The van der Waals surface area contributed by atoms with E-state index < -0.39 is 0 Å². The molecule has 1 aliphatic heterocycles. The van der Waals surface area contributed by atoms with Gasteiger partial charge in [0.2, 0.25) is 5.82 Å². The molecule has 1 N–H and O–H groups in total. The van der Waals surface area contributed by atoms with Crippen LogP contribution in [-0.4, -0.2) is 45.1 Å². The van der Waals surface area contributed by atoms with Crippen LogP contribution in [0.1, 0.15) is 28.4 Å². The van der Waals surface area contributed by atoms with Crippen molar-refractivity contribution in [2.24, 2.45) is 5.92 Å². The molecular formula is C19H21FN6O. The monoisotopic (exact) mass is 368 g/mol. The summed E-state index contributed by atoms with van der Waals surface area (Å²) in [6, 6.07) is 8.41. The number of carbonyl (C=O) groups is 1. The summed E-state index contributed by atoms with van der Waals surface area (Å²) in [6.45, 7) is 6.05. The Kier molecular flexibility index (Phi) is 4.47. The fourth-order valence-corrected chi connectivity index (χ4v) is 3.46. The normalized spacial score (nSPS) is 16.9. The molecule has 1 atom stereocenters. The molecule has 2 aromatic heterocycles. The molecule has 4 rings (SSSR count). The van der Waals surface area contributed by atoms with E-state index in [9.17, 15) is 9.18 Å². The van der Waals surface area contributed by atoms with Gasteiger partial charge in [0.1, 0.15) is 5.82 Å². The van der Waals surface area contributed by atoms with E-state index in [4.69, 9.17) is 0 Å². The summed E-state index contributed by atoms with van der Waals surface area (Å²) in [4.78, 5) is 23.2. The SMILES string of the molecule is Cc1cc(C)n2nc(C(=O)NC[C@@H]3CCN(c4ccc(F)cc4)C3)nc2n1. The largest absolute Gasteiger partial charge is 0.371 e. The molecule has 0 spiro atoms. The molecule has 7 nitrogen and oxygen atoms in total. The van der Waals surface area contributed by atoms with Gasteiger partial charge in [0, 0.05) is 36.7 Å². The second kappa shape index (κ2) is 6.94. The van der Waals surface area contributed by atoms with E-state index in [0.29, 0.717) is 18.2 Å². The number of nitrogens with one attached hydrogen (secondary N) is 1. The van der Waals surface area contributed by atoms with Gasteiger partial charge in [0.25, 0.3) is 11.7 Å². The molecule has 1 aromatic carbocycles. The maximum atomic E-state index is 13.1. The van der Waals surface area contributed by atoms with E-state index in [1.165, 1.54) is 12.1 Å². The third-order valence-corrected chi connectivity index (χ3v) is 4.85. The maximum absolute atomic E-state index is 13.1. The Balaban J connectivity index is 1.37. The minimum absolute atomic E-state index is 0.129. The molecular weight excluding hydrogens is 347 g/mol. The van der Waals surface area contributed by atoms with Crippen LogP contribution in [-0.2, 0) is 0 Å². The predicted molar refractivity (Wildman–Crippen MR) is 99.3 cm³/mol. The number of benzene rings is 1. The highest BCUT2D eigenvalue weighted by atomic mass is 19.1. The standard InChI is InChI=1S/C19H21FN6O/c1-12-9-13(2)26-19(22-12)23-17(24-26)18(27)21-10-14-7-8-25(11-14)16-5-3-15(20)4-6-16/h3-6,9,14H,7-8,10-11H2,1-2H3,(H,21,27)/t14-/m0/s1. The number of aryl methyl sites for hydroxylation is 2. The fraction of sp³-hybridized carbons (Fsp3) is 0.368. The molecule has 0 unspecified atom stereocenters. The van der Waals surface area contributed by atoms with Gasteiger partial charge in [-0.1, -0.05) is 0 Å². The number of hydrogen-bond acceptors (Lipinski definition) is 5. The van der Waals surface area contributed by atoms with Crippen molar-refractivity contribution in [3.8, 4) is 0 Å². The van der Waals surface area contributed by atoms with Crippen molar-refractivity contribution in [2.75, 3.05) is 24.5 Å². The van der Waals surface area contributed by atoms with Crippen molar-refractivity contribution < 1.29 is 9.18 Å². The Hall–Kier alpha value is -3.03. The van der Waals surface area contributed by atoms with Crippen LogP contribution < -0.4 is 10.2 Å². The van der Waals surface area contributed by atoms with Crippen molar-refractivity contribution in [2.45, 2.75) is 20.3 Å². The lowest BCUT2D eigenvalue weighted by molar-refractivity contribution is 0.0938. The first-order chi connectivity index (χ1) is 13.0. The highest BCUT2D eigenvalue weighted by Gasteiger charge is 2.24. The van der Waals surface area contributed by atoms with Crippen molar-refractivity contribution in [1.82, 2.24) is 24.9 Å². The van der Waals surface area contributed by atoms with Crippen molar-refractivity contribution in [3.63, 3.8) is 0 Å². The third kappa shape index (κ3) is 3.60. The van der Waals surface area contributed by atoms with Gasteiger partial charge in [-0.15, -0.1) is 5.10 Å². The van der Waals surface area contributed by atoms with E-state index in [-0.39, 0.29) is 17.5 Å². The first kappa shape index (κ1) is 17.4. The van der Waals surface area contributed by atoms with Crippen LogP contribution >= 0.6 is 0 Å². The second-order valence-electron chi connectivity index (χ2n) is 6.97. The molecule has 1 saturated heterocycles. The summed E-state index contributed by atoms with van der Waals surface area (Å²) in [7, 11) is 0. The average molecular weight is 368 g/mol. The summed E-state index contributed by atoms with van der Waals surface area (Å²) in [5.41, 5.74) is 2.73. The molecule has 0 aliphatic carbocycles. The van der Waals surface area contributed by atoms with Gasteiger partial charge in [0.15, 0.2) is 0 Å². The maximum Gasteiger partial charge on any atom is 0.291 e. The van der Waals surface area contributed by atoms with Crippen LogP contribution in [0, 0.1) is 25.6 Å². The van der Waals surface area contributed by atoms with Gasteiger partial charge >= 0.3 is 0 Å². The van der Waals surface area contributed by atoms with Crippen molar-refractivity contribution >= 4 is 17.4 Å².